The van der Waals surface area contributed by atoms with Crippen LogP contribution in [0.5, 0.6) is 11.5 Å². The Morgan fingerprint density at radius 2 is 2.04 bits per heavy atom. The Kier molecular flexibility index (Phi) is 4.50. The molecule has 0 spiro atoms. The van der Waals surface area contributed by atoms with Crippen LogP contribution < -0.4 is 10.1 Å². The molecule has 7 nitrogen and oxygen atoms in total. The maximum Gasteiger partial charge on any atom is 0.279 e. The number of rotatable bonds is 3. The van der Waals surface area contributed by atoms with Crippen molar-refractivity contribution in [3.05, 3.63) is 53.2 Å². The van der Waals surface area contributed by atoms with Crippen LogP contribution in [-0.2, 0) is 0 Å². The average molecular weight is 363 g/mol. The molecule has 3 rings (SSSR count). The van der Waals surface area contributed by atoms with Crippen molar-refractivity contribution >= 4 is 17.2 Å². The van der Waals surface area contributed by atoms with Crippen LogP contribution in [0.3, 0.4) is 0 Å². The molecule has 0 aliphatic rings. The lowest BCUT2D eigenvalue weighted by Crippen LogP contribution is -2.23. The Labute approximate surface area is 156 Å². The van der Waals surface area contributed by atoms with Crippen molar-refractivity contribution in [2.75, 3.05) is 0 Å². The van der Waals surface area contributed by atoms with Crippen molar-refractivity contribution in [3.63, 3.8) is 0 Å². The number of fused-ring (bicyclic) bond motifs is 1. The van der Waals surface area contributed by atoms with Crippen molar-refractivity contribution in [2.45, 2.75) is 33.3 Å². The number of hydrogen-bond donors (Lipinski definition) is 1. The minimum atomic E-state index is -0.476. The zero-order chi connectivity index (χ0) is 19.8. The fourth-order valence-corrected chi connectivity index (χ4v) is 2.71. The molecule has 1 N–H and O–H groups in total. The van der Waals surface area contributed by atoms with Gasteiger partial charge in [-0.2, -0.15) is 15.7 Å². The van der Waals surface area contributed by atoms with E-state index in [1.54, 1.807) is 31.2 Å². The van der Waals surface area contributed by atoms with E-state index >= 15 is 0 Å². The number of aromatic nitrogens is 2. The first kappa shape index (κ1) is 18.3. The number of amides is 1. The van der Waals surface area contributed by atoms with E-state index in [-0.39, 0.29) is 22.7 Å². The number of benzene rings is 1. The minimum Gasteiger partial charge on any atom is -0.506 e. The van der Waals surface area contributed by atoms with Crippen LogP contribution in [0.15, 0.2) is 36.5 Å². The SMILES string of the molecule is Cc1cc(OC(C)(C)C)ccc1C(=O)[N]c1cc(O)c(C#N)c2ccnn12. The van der Waals surface area contributed by atoms with Gasteiger partial charge in [0, 0.05) is 11.6 Å². The lowest BCUT2D eigenvalue weighted by molar-refractivity contribution is 0.0966. The van der Waals surface area contributed by atoms with E-state index < -0.39 is 5.91 Å². The molecular formula is C20H19N4O3. The van der Waals surface area contributed by atoms with Gasteiger partial charge in [0.2, 0.25) is 0 Å². The molecule has 137 valence electrons. The Morgan fingerprint density at radius 1 is 1.30 bits per heavy atom. The van der Waals surface area contributed by atoms with Gasteiger partial charge < -0.3 is 9.84 Å². The molecule has 2 heterocycles. The smallest absolute Gasteiger partial charge is 0.279 e. The lowest BCUT2D eigenvalue weighted by atomic mass is 10.1. The molecule has 0 saturated heterocycles. The largest absolute Gasteiger partial charge is 0.506 e. The highest BCUT2D eigenvalue weighted by Crippen LogP contribution is 2.27. The van der Waals surface area contributed by atoms with Gasteiger partial charge in [-0.15, -0.1) is 0 Å². The molecule has 0 fully saturated rings. The van der Waals surface area contributed by atoms with Crippen molar-refractivity contribution in [2.24, 2.45) is 0 Å². The van der Waals surface area contributed by atoms with E-state index in [0.29, 0.717) is 16.8 Å². The molecule has 27 heavy (non-hydrogen) atoms. The second-order valence-electron chi connectivity index (χ2n) is 7.11. The van der Waals surface area contributed by atoms with Crippen molar-refractivity contribution in [3.8, 4) is 17.6 Å². The van der Waals surface area contributed by atoms with Crippen LogP contribution in [0, 0.1) is 18.3 Å². The average Bonchev–Trinajstić information content (AvgIpc) is 3.03. The Bertz CT molecular complexity index is 1070. The summed E-state index contributed by atoms with van der Waals surface area (Å²) in [6.07, 6.45) is 1.48. The van der Waals surface area contributed by atoms with E-state index in [1.165, 1.54) is 16.8 Å². The highest BCUT2D eigenvalue weighted by Gasteiger charge is 2.19. The van der Waals surface area contributed by atoms with Crippen molar-refractivity contribution in [1.29, 1.82) is 5.26 Å². The zero-order valence-electron chi connectivity index (χ0n) is 15.5. The number of pyridine rings is 1. The molecule has 7 heteroatoms. The number of nitriles is 1. The van der Waals surface area contributed by atoms with Crippen LogP contribution in [0.4, 0.5) is 5.82 Å². The van der Waals surface area contributed by atoms with E-state index in [2.05, 4.69) is 10.4 Å². The summed E-state index contributed by atoms with van der Waals surface area (Å²) in [6, 6.07) is 9.91. The number of ether oxygens (including phenoxy) is 1. The van der Waals surface area contributed by atoms with Crippen LogP contribution in [0.2, 0.25) is 0 Å². The molecular weight excluding hydrogens is 344 g/mol. The number of hydrogen-bond acceptors (Lipinski definition) is 5. The molecule has 3 aromatic rings. The lowest BCUT2D eigenvalue weighted by Gasteiger charge is -2.21. The molecule has 0 saturated carbocycles. The maximum atomic E-state index is 12.7. The highest BCUT2D eigenvalue weighted by atomic mass is 16.5. The van der Waals surface area contributed by atoms with Gasteiger partial charge in [0.05, 0.1) is 11.7 Å². The minimum absolute atomic E-state index is 0.0822. The van der Waals surface area contributed by atoms with E-state index in [4.69, 9.17) is 10.00 Å². The summed E-state index contributed by atoms with van der Waals surface area (Å²) in [5.41, 5.74) is 1.27. The quantitative estimate of drug-likeness (QED) is 0.767. The maximum absolute atomic E-state index is 12.7. The normalized spacial score (nSPS) is 11.2. The van der Waals surface area contributed by atoms with Crippen LogP contribution in [0.1, 0.15) is 42.3 Å². The van der Waals surface area contributed by atoms with Crippen LogP contribution in [0.25, 0.3) is 5.52 Å². The first-order valence-electron chi connectivity index (χ1n) is 8.35. The van der Waals surface area contributed by atoms with Crippen LogP contribution in [-0.4, -0.2) is 26.2 Å². The summed E-state index contributed by atoms with van der Waals surface area (Å²) in [7, 11) is 0. The summed E-state index contributed by atoms with van der Waals surface area (Å²) < 4.78 is 7.15. The molecule has 0 aliphatic carbocycles. The summed E-state index contributed by atoms with van der Waals surface area (Å²) in [5, 5.41) is 27.4. The number of carbonyl (C=O) groups excluding carboxylic acids is 1. The van der Waals surface area contributed by atoms with E-state index in [9.17, 15) is 9.90 Å². The third kappa shape index (κ3) is 3.70. The van der Waals surface area contributed by atoms with E-state index in [1.807, 2.05) is 26.8 Å². The van der Waals surface area contributed by atoms with Crippen molar-refractivity contribution < 1.29 is 14.6 Å². The predicted molar refractivity (Wildman–Crippen MR) is 99.3 cm³/mol. The molecule has 1 radical (unpaired) electrons. The summed E-state index contributed by atoms with van der Waals surface area (Å²) >= 11 is 0. The third-order valence-electron chi connectivity index (χ3n) is 3.82. The van der Waals surface area contributed by atoms with Gasteiger partial charge in [0.1, 0.15) is 28.7 Å². The summed E-state index contributed by atoms with van der Waals surface area (Å²) in [6.45, 7) is 7.65. The highest BCUT2D eigenvalue weighted by molar-refractivity contribution is 5.98. The topological polar surface area (TPSA) is 102 Å². The van der Waals surface area contributed by atoms with Gasteiger partial charge in [0.25, 0.3) is 5.91 Å². The second kappa shape index (κ2) is 6.65. The van der Waals surface area contributed by atoms with Gasteiger partial charge >= 0.3 is 0 Å². The molecule has 1 aromatic carbocycles. The standard InChI is InChI=1S/C20H19N4O3/c1-12-9-13(27-20(2,3)4)5-6-14(12)19(26)23-18-10-17(25)15(11-21)16-7-8-22-24(16)18/h5-10,25H,1-4H3. The van der Waals surface area contributed by atoms with Gasteiger partial charge in [0.15, 0.2) is 5.82 Å². The molecule has 1 amide bonds. The molecule has 2 aromatic heterocycles. The fraction of sp³-hybridized carbons (Fsp3) is 0.250. The zero-order valence-corrected chi connectivity index (χ0v) is 15.5. The Balaban J connectivity index is 1.92. The van der Waals surface area contributed by atoms with Gasteiger partial charge in [-0.3, -0.25) is 4.79 Å². The van der Waals surface area contributed by atoms with Gasteiger partial charge in [-0.05, 0) is 57.5 Å². The first-order chi connectivity index (χ1) is 12.7. The number of nitrogens with zero attached hydrogens (tertiary/aromatic N) is 4. The number of aryl methyl sites for hydroxylation is 1. The summed E-state index contributed by atoms with van der Waals surface area (Å²) in [5.74, 6) is 0.0892. The Hall–Kier alpha value is -3.53. The van der Waals surface area contributed by atoms with Crippen molar-refractivity contribution in [1.82, 2.24) is 14.9 Å². The number of carbonyl (C=O) groups is 1. The molecule has 0 bridgehead atoms. The predicted octanol–water partition coefficient (Wildman–Crippen LogP) is 3.47. The third-order valence-corrected chi connectivity index (χ3v) is 3.82. The molecule has 0 atom stereocenters. The monoisotopic (exact) mass is 363 g/mol. The first-order valence-corrected chi connectivity index (χ1v) is 8.35. The molecule has 0 unspecified atom stereocenters. The van der Waals surface area contributed by atoms with Crippen LogP contribution >= 0.6 is 0 Å². The summed E-state index contributed by atoms with van der Waals surface area (Å²) in [4.78, 5) is 12.7. The Morgan fingerprint density at radius 3 is 2.67 bits per heavy atom. The van der Waals surface area contributed by atoms with Gasteiger partial charge in [-0.25, -0.2) is 4.52 Å². The fourth-order valence-electron chi connectivity index (χ4n) is 2.71. The van der Waals surface area contributed by atoms with Gasteiger partial charge in [-0.1, -0.05) is 0 Å². The number of aromatic hydroxyl groups is 1. The second-order valence-corrected chi connectivity index (χ2v) is 7.11. The molecule has 0 aliphatic heterocycles. The van der Waals surface area contributed by atoms with E-state index in [0.717, 1.165) is 5.56 Å².